The molecule has 0 saturated carbocycles. The minimum absolute atomic E-state index is 0. The molecule has 1 heterocycles. The fourth-order valence-electron chi connectivity index (χ4n) is 2.87. The lowest BCUT2D eigenvalue weighted by molar-refractivity contribution is -0.133. The highest BCUT2D eigenvalue weighted by molar-refractivity contribution is 5.86. The number of aliphatic hydroxyl groups excluding tert-OH is 1. The molecule has 1 saturated heterocycles. The van der Waals surface area contributed by atoms with E-state index in [2.05, 4.69) is 35.2 Å². The number of aliphatic hydroxyl groups is 1. The van der Waals surface area contributed by atoms with Crippen molar-refractivity contribution in [3.05, 3.63) is 42.5 Å². The van der Waals surface area contributed by atoms with Gasteiger partial charge in [0.1, 0.15) is 6.04 Å². The Bertz CT molecular complexity index is 676. The van der Waals surface area contributed by atoms with Crippen LogP contribution in [0.25, 0.3) is 10.8 Å². The highest BCUT2D eigenvalue weighted by Gasteiger charge is 2.24. The van der Waals surface area contributed by atoms with Gasteiger partial charge in [-0.15, -0.1) is 24.8 Å². The van der Waals surface area contributed by atoms with Gasteiger partial charge in [-0.2, -0.15) is 0 Å². The summed E-state index contributed by atoms with van der Waals surface area (Å²) >= 11 is 0. The van der Waals surface area contributed by atoms with Crippen molar-refractivity contribution in [2.75, 3.05) is 37.7 Å². The van der Waals surface area contributed by atoms with Crippen LogP contribution in [0.1, 0.15) is 0 Å². The van der Waals surface area contributed by atoms with Gasteiger partial charge in [0.25, 0.3) is 0 Å². The van der Waals surface area contributed by atoms with Gasteiger partial charge in [0, 0.05) is 31.9 Å². The average Bonchev–Trinajstić information content (AvgIpc) is 2.60. The zero-order chi connectivity index (χ0) is 15.5. The van der Waals surface area contributed by atoms with Crippen molar-refractivity contribution in [1.29, 1.82) is 0 Å². The van der Waals surface area contributed by atoms with Crippen LogP contribution in [0.5, 0.6) is 0 Å². The van der Waals surface area contributed by atoms with Crippen LogP contribution < -0.4 is 10.6 Å². The number of nitrogens with two attached hydrogens (primary N) is 1. The third-order valence-electron chi connectivity index (χ3n) is 4.20. The highest BCUT2D eigenvalue weighted by atomic mass is 35.5. The zero-order valence-corrected chi connectivity index (χ0v) is 14.9. The molecule has 0 bridgehead atoms. The molecule has 0 aliphatic carbocycles. The quantitative estimate of drug-likeness (QED) is 0.860. The summed E-state index contributed by atoms with van der Waals surface area (Å²) in [5.74, 6) is -0.166. The van der Waals surface area contributed by atoms with E-state index >= 15 is 0 Å². The predicted molar refractivity (Wildman–Crippen MR) is 102 cm³/mol. The summed E-state index contributed by atoms with van der Waals surface area (Å²) in [6.07, 6.45) is 0. The second-order valence-electron chi connectivity index (χ2n) is 5.63. The van der Waals surface area contributed by atoms with Gasteiger partial charge >= 0.3 is 0 Å². The number of carbonyl (C=O) groups excluding carboxylic acids is 1. The minimum Gasteiger partial charge on any atom is -0.394 e. The summed E-state index contributed by atoms with van der Waals surface area (Å²) in [5, 5.41) is 11.4. The van der Waals surface area contributed by atoms with Crippen LogP contribution in [0, 0.1) is 0 Å². The molecule has 1 atom stereocenters. The van der Waals surface area contributed by atoms with E-state index in [1.54, 1.807) is 4.90 Å². The number of benzene rings is 2. The number of nitrogens with zero attached hydrogens (tertiary/aromatic N) is 2. The summed E-state index contributed by atoms with van der Waals surface area (Å²) in [4.78, 5) is 16.0. The third-order valence-corrected chi connectivity index (χ3v) is 4.20. The fraction of sp³-hybridized carbons (Fsp3) is 0.353. The molecule has 0 spiro atoms. The summed E-state index contributed by atoms with van der Waals surface area (Å²) in [6, 6.07) is 13.9. The van der Waals surface area contributed by atoms with Crippen molar-refractivity contribution >= 4 is 47.2 Å². The number of hydrogen-bond donors (Lipinski definition) is 2. The van der Waals surface area contributed by atoms with E-state index in [0.29, 0.717) is 13.1 Å². The topological polar surface area (TPSA) is 69.8 Å². The number of amides is 1. The lowest BCUT2D eigenvalue weighted by Crippen LogP contribution is -2.54. The maximum absolute atomic E-state index is 12.0. The normalized spacial score (nSPS) is 15.4. The molecule has 0 unspecified atom stereocenters. The molecular weight excluding hydrogens is 349 g/mol. The van der Waals surface area contributed by atoms with Gasteiger partial charge in [-0.05, 0) is 22.9 Å². The maximum Gasteiger partial charge on any atom is 0.241 e. The first-order valence-electron chi connectivity index (χ1n) is 7.58. The minimum atomic E-state index is -0.799. The Balaban J connectivity index is 0.00000144. The monoisotopic (exact) mass is 371 g/mol. The molecule has 5 nitrogen and oxygen atoms in total. The Labute approximate surface area is 154 Å². The Morgan fingerprint density at radius 3 is 2.29 bits per heavy atom. The molecule has 2 aromatic rings. The van der Waals surface area contributed by atoms with Crippen LogP contribution in [0.2, 0.25) is 0 Å². The molecule has 1 aliphatic rings. The number of rotatable bonds is 3. The van der Waals surface area contributed by atoms with E-state index in [0.717, 1.165) is 13.1 Å². The molecule has 24 heavy (non-hydrogen) atoms. The molecule has 2 aromatic carbocycles. The summed E-state index contributed by atoms with van der Waals surface area (Å²) < 4.78 is 0. The molecule has 132 valence electrons. The Morgan fingerprint density at radius 2 is 1.67 bits per heavy atom. The van der Waals surface area contributed by atoms with Crippen LogP contribution in [-0.4, -0.2) is 54.7 Å². The summed E-state index contributed by atoms with van der Waals surface area (Å²) in [6.45, 7) is 2.53. The first kappa shape index (κ1) is 20.5. The van der Waals surface area contributed by atoms with Gasteiger partial charge in [-0.3, -0.25) is 4.79 Å². The lowest BCUT2D eigenvalue weighted by atomic mass is 10.1. The van der Waals surface area contributed by atoms with E-state index in [9.17, 15) is 4.79 Å². The molecule has 3 rings (SSSR count). The van der Waals surface area contributed by atoms with Crippen LogP contribution in [0.4, 0.5) is 5.69 Å². The summed E-state index contributed by atoms with van der Waals surface area (Å²) in [7, 11) is 0. The van der Waals surface area contributed by atoms with Crippen molar-refractivity contribution in [3.8, 4) is 0 Å². The van der Waals surface area contributed by atoms with E-state index in [1.807, 2.05) is 12.1 Å². The lowest BCUT2D eigenvalue weighted by Gasteiger charge is -2.37. The number of hydrogen-bond acceptors (Lipinski definition) is 4. The highest BCUT2D eigenvalue weighted by Crippen LogP contribution is 2.23. The van der Waals surface area contributed by atoms with Crippen molar-refractivity contribution in [1.82, 2.24) is 4.90 Å². The third kappa shape index (κ3) is 4.30. The molecular formula is C17H23Cl2N3O2. The molecule has 0 aromatic heterocycles. The van der Waals surface area contributed by atoms with E-state index in [4.69, 9.17) is 10.8 Å². The SMILES string of the molecule is Cl.Cl.N[C@@H](CO)C(=O)N1CCN(c2ccc3ccccc3c2)CC1. The smallest absolute Gasteiger partial charge is 0.241 e. The standard InChI is InChI=1S/C17H21N3O2.2ClH/c18-16(12-21)17(22)20-9-7-19(8-10-20)15-6-5-13-3-1-2-4-14(13)11-15;;/h1-6,11,16,21H,7-10,12,18H2;2*1H/t16-;;/m0../s1. The Morgan fingerprint density at radius 1 is 1.04 bits per heavy atom. The van der Waals surface area contributed by atoms with Gasteiger partial charge in [-0.25, -0.2) is 0 Å². The van der Waals surface area contributed by atoms with Crippen molar-refractivity contribution < 1.29 is 9.90 Å². The van der Waals surface area contributed by atoms with Crippen LogP contribution >= 0.6 is 24.8 Å². The number of piperazine rings is 1. The van der Waals surface area contributed by atoms with Crippen LogP contribution in [0.15, 0.2) is 42.5 Å². The first-order valence-corrected chi connectivity index (χ1v) is 7.58. The Kier molecular flexibility index (Phi) is 7.76. The molecule has 1 fully saturated rings. The number of carbonyl (C=O) groups is 1. The average molecular weight is 372 g/mol. The second-order valence-corrected chi connectivity index (χ2v) is 5.63. The van der Waals surface area contributed by atoms with E-state index in [-0.39, 0.29) is 37.3 Å². The summed E-state index contributed by atoms with van der Waals surface area (Å²) in [5.41, 5.74) is 6.78. The molecule has 1 amide bonds. The molecule has 3 N–H and O–H groups in total. The van der Waals surface area contributed by atoms with Crippen LogP contribution in [-0.2, 0) is 4.79 Å². The van der Waals surface area contributed by atoms with Gasteiger partial charge < -0.3 is 20.6 Å². The second kappa shape index (κ2) is 9.08. The molecule has 1 aliphatic heterocycles. The molecule has 0 radical (unpaired) electrons. The van der Waals surface area contributed by atoms with Gasteiger partial charge in [0.15, 0.2) is 0 Å². The first-order chi connectivity index (χ1) is 10.7. The largest absolute Gasteiger partial charge is 0.394 e. The maximum atomic E-state index is 12.0. The van der Waals surface area contributed by atoms with Gasteiger partial charge in [0.05, 0.1) is 6.61 Å². The van der Waals surface area contributed by atoms with Crippen molar-refractivity contribution in [2.24, 2.45) is 5.73 Å². The number of halogens is 2. The fourth-order valence-corrected chi connectivity index (χ4v) is 2.87. The van der Waals surface area contributed by atoms with Gasteiger partial charge in [0.2, 0.25) is 5.91 Å². The van der Waals surface area contributed by atoms with Crippen molar-refractivity contribution in [2.45, 2.75) is 6.04 Å². The Hall–Kier alpha value is -1.53. The van der Waals surface area contributed by atoms with Crippen molar-refractivity contribution in [3.63, 3.8) is 0 Å². The zero-order valence-electron chi connectivity index (χ0n) is 13.3. The molecule has 7 heteroatoms. The number of fused-ring (bicyclic) bond motifs is 1. The van der Waals surface area contributed by atoms with E-state index in [1.165, 1.54) is 16.5 Å². The van der Waals surface area contributed by atoms with Crippen LogP contribution in [0.3, 0.4) is 0 Å². The van der Waals surface area contributed by atoms with Gasteiger partial charge in [-0.1, -0.05) is 30.3 Å². The predicted octanol–water partition coefficient (Wildman–Crippen LogP) is 1.65. The number of anilines is 1. The van der Waals surface area contributed by atoms with E-state index < -0.39 is 6.04 Å².